The number of nitrogens with one attached hydrogen (secondary N) is 2. The first-order valence-corrected chi connectivity index (χ1v) is 9.33. The summed E-state index contributed by atoms with van der Waals surface area (Å²) >= 11 is 0. The van der Waals surface area contributed by atoms with Gasteiger partial charge in [-0.25, -0.2) is 0 Å². The number of hydrogen-bond donors (Lipinski definition) is 2. The molecule has 2 rings (SSSR count). The van der Waals surface area contributed by atoms with Crippen LogP contribution in [0.2, 0.25) is 0 Å². The number of halogens is 1. The number of nitrogens with zero attached hydrogens (tertiary/aromatic N) is 2. The molecule has 1 aromatic rings. The SMILES string of the molecule is CN=C(NCc1ccc(OC)c(OC)c1)NCC1(C(=O)N(C)C)CCCC1.I. The maximum atomic E-state index is 12.7. The number of hydrogen-bond acceptors (Lipinski definition) is 4. The molecule has 0 aliphatic heterocycles. The molecule has 0 bridgehead atoms. The minimum Gasteiger partial charge on any atom is -0.493 e. The number of methoxy groups -OCH3 is 2. The molecule has 1 aliphatic carbocycles. The van der Waals surface area contributed by atoms with E-state index in [-0.39, 0.29) is 35.3 Å². The molecule has 0 atom stereocenters. The second-order valence-corrected chi connectivity index (χ2v) is 7.16. The fourth-order valence-corrected chi connectivity index (χ4v) is 3.64. The zero-order valence-electron chi connectivity index (χ0n) is 17.5. The third-order valence-electron chi connectivity index (χ3n) is 5.15. The quantitative estimate of drug-likeness (QED) is 0.340. The predicted octanol–water partition coefficient (Wildman–Crippen LogP) is 2.64. The summed E-state index contributed by atoms with van der Waals surface area (Å²) < 4.78 is 10.6. The Morgan fingerprint density at radius 3 is 2.32 bits per heavy atom. The number of benzene rings is 1. The van der Waals surface area contributed by atoms with E-state index in [4.69, 9.17) is 9.47 Å². The van der Waals surface area contributed by atoms with Crippen LogP contribution in [0.1, 0.15) is 31.2 Å². The summed E-state index contributed by atoms with van der Waals surface area (Å²) in [4.78, 5) is 18.7. The van der Waals surface area contributed by atoms with Gasteiger partial charge in [0.1, 0.15) is 0 Å². The maximum absolute atomic E-state index is 12.7. The van der Waals surface area contributed by atoms with E-state index in [2.05, 4.69) is 15.6 Å². The Balaban J connectivity index is 0.00000392. The van der Waals surface area contributed by atoms with Gasteiger partial charge in [0, 0.05) is 34.2 Å². The van der Waals surface area contributed by atoms with Crippen molar-refractivity contribution in [2.45, 2.75) is 32.2 Å². The number of ether oxygens (including phenoxy) is 2. The van der Waals surface area contributed by atoms with Gasteiger partial charge >= 0.3 is 0 Å². The third-order valence-corrected chi connectivity index (χ3v) is 5.15. The van der Waals surface area contributed by atoms with Crippen LogP contribution in [-0.4, -0.2) is 58.7 Å². The van der Waals surface area contributed by atoms with Gasteiger partial charge in [-0.05, 0) is 30.5 Å². The van der Waals surface area contributed by atoms with Gasteiger partial charge in [-0.1, -0.05) is 18.9 Å². The van der Waals surface area contributed by atoms with Crippen molar-refractivity contribution in [3.63, 3.8) is 0 Å². The normalized spacial score (nSPS) is 15.4. The van der Waals surface area contributed by atoms with Gasteiger partial charge in [-0.2, -0.15) is 0 Å². The lowest BCUT2D eigenvalue weighted by Gasteiger charge is -2.31. The Kier molecular flexibility index (Phi) is 9.84. The summed E-state index contributed by atoms with van der Waals surface area (Å²) in [6, 6.07) is 5.80. The van der Waals surface area contributed by atoms with E-state index in [1.165, 1.54) is 0 Å². The monoisotopic (exact) mass is 504 g/mol. The van der Waals surface area contributed by atoms with E-state index in [0.717, 1.165) is 31.2 Å². The van der Waals surface area contributed by atoms with Crippen LogP contribution in [0.15, 0.2) is 23.2 Å². The Hall–Kier alpha value is -1.71. The van der Waals surface area contributed by atoms with Gasteiger partial charge in [0.25, 0.3) is 0 Å². The lowest BCUT2D eigenvalue weighted by atomic mass is 9.84. The molecule has 28 heavy (non-hydrogen) atoms. The third kappa shape index (κ3) is 5.89. The van der Waals surface area contributed by atoms with Crippen LogP contribution in [0.4, 0.5) is 0 Å². The van der Waals surface area contributed by atoms with Gasteiger partial charge in [-0.15, -0.1) is 24.0 Å². The van der Waals surface area contributed by atoms with Crippen molar-refractivity contribution in [1.82, 2.24) is 15.5 Å². The summed E-state index contributed by atoms with van der Waals surface area (Å²) in [5, 5.41) is 6.65. The molecular formula is C20H33IN4O3. The van der Waals surface area contributed by atoms with Crippen molar-refractivity contribution in [3.8, 4) is 11.5 Å². The summed E-state index contributed by atoms with van der Waals surface area (Å²) in [5.74, 6) is 2.28. The lowest BCUT2D eigenvalue weighted by molar-refractivity contribution is -0.138. The molecule has 0 aromatic heterocycles. The van der Waals surface area contributed by atoms with Crippen LogP contribution in [0.3, 0.4) is 0 Å². The van der Waals surface area contributed by atoms with Crippen molar-refractivity contribution < 1.29 is 14.3 Å². The van der Waals surface area contributed by atoms with Crippen molar-refractivity contribution in [1.29, 1.82) is 0 Å². The predicted molar refractivity (Wildman–Crippen MR) is 123 cm³/mol. The van der Waals surface area contributed by atoms with Crippen LogP contribution in [0.25, 0.3) is 0 Å². The number of rotatable bonds is 7. The number of carbonyl (C=O) groups excluding carboxylic acids is 1. The topological polar surface area (TPSA) is 75.2 Å². The first-order chi connectivity index (χ1) is 13.0. The van der Waals surface area contributed by atoms with Gasteiger partial charge in [0.2, 0.25) is 5.91 Å². The van der Waals surface area contributed by atoms with E-state index in [0.29, 0.717) is 30.5 Å². The Labute approximate surface area is 185 Å². The molecule has 0 spiro atoms. The number of carbonyl (C=O) groups is 1. The van der Waals surface area contributed by atoms with Crippen molar-refractivity contribution in [2.24, 2.45) is 10.4 Å². The summed E-state index contributed by atoms with van der Waals surface area (Å²) in [5.41, 5.74) is 0.723. The average Bonchev–Trinajstić information content (AvgIpc) is 3.17. The molecule has 0 unspecified atom stereocenters. The van der Waals surface area contributed by atoms with Crippen molar-refractivity contribution >= 4 is 35.8 Å². The second-order valence-electron chi connectivity index (χ2n) is 7.16. The molecule has 1 fully saturated rings. The van der Waals surface area contributed by atoms with Gasteiger partial charge in [-0.3, -0.25) is 9.79 Å². The number of guanidine groups is 1. The van der Waals surface area contributed by atoms with Crippen LogP contribution in [0, 0.1) is 5.41 Å². The highest BCUT2D eigenvalue weighted by Gasteiger charge is 2.42. The minimum absolute atomic E-state index is 0. The van der Waals surface area contributed by atoms with Gasteiger partial charge in [0.05, 0.1) is 19.6 Å². The fraction of sp³-hybridized carbons (Fsp3) is 0.600. The van der Waals surface area contributed by atoms with E-state index < -0.39 is 0 Å². The first kappa shape index (κ1) is 24.3. The molecule has 1 saturated carbocycles. The van der Waals surface area contributed by atoms with Crippen LogP contribution in [0.5, 0.6) is 11.5 Å². The number of aliphatic imine (C=N–C) groups is 1. The molecule has 0 saturated heterocycles. The summed E-state index contributed by atoms with van der Waals surface area (Å²) in [6.45, 7) is 1.18. The van der Waals surface area contributed by atoms with E-state index >= 15 is 0 Å². The lowest BCUT2D eigenvalue weighted by Crippen LogP contribution is -2.49. The highest BCUT2D eigenvalue weighted by atomic mass is 127. The minimum atomic E-state index is -0.329. The molecule has 1 amide bonds. The molecule has 2 N–H and O–H groups in total. The summed E-state index contributed by atoms with van der Waals surface area (Å²) in [7, 11) is 8.63. The standard InChI is InChI=1S/C20H32N4O3.HI/c1-21-19(22-13-15-8-9-16(26-4)17(12-15)27-5)23-14-20(10-6-7-11-20)18(25)24(2)3;/h8-9,12H,6-7,10-11,13-14H2,1-5H3,(H2,21,22,23);1H. The van der Waals surface area contributed by atoms with E-state index in [1.54, 1.807) is 26.2 Å². The number of amides is 1. The maximum Gasteiger partial charge on any atom is 0.230 e. The average molecular weight is 504 g/mol. The highest BCUT2D eigenvalue weighted by molar-refractivity contribution is 14.0. The van der Waals surface area contributed by atoms with Crippen LogP contribution in [-0.2, 0) is 11.3 Å². The first-order valence-electron chi connectivity index (χ1n) is 9.33. The molecule has 7 nitrogen and oxygen atoms in total. The molecule has 158 valence electrons. The molecule has 0 heterocycles. The molecule has 8 heteroatoms. The molecule has 0 radical (unpaired) electrons. The Bertz CT molecular complexity index is 673. The van der Waals surface area contributed by atoms with Crippen LogP contribution >= 0.6 is 24.0 Å². The Morgan fingerprint density at radius 2 is 1.79 bits per heavy atom. The molecule has 1 aromatic carbocycles. The molecule has 1 aliphatic rings. The van der Waals surface area contributed by atoms with Crippen LogP contribution < -0.4 is 20.1 Å². The van der Waals surface area contributed by atoms with Gasteiger partial charge in [0.15, 0.2) is 17.5 Å². The highest BCUT2D eigenvalue weighted by Crippen LogP contribution is 2.38. The summed E-state index contributed by atoms with van der Waals surface area (Å²) in [6.07, 6.45) is 4.03. The fourth-order valence-electron chi connectivity index (χ4n) is 3.64. The Morgan fingerprint density at radius 1 is 1.14 bits per heavy atom. The van der Waals surface area contributed by atoms with Gasteiger partial charge < -0.3 is 25.0 Å². The van der Waals surface area contributed by atoms with E-state index in [9.17, 15) is 4.79 Å². The zero-order valence-corrected chi connectivity index (χ0v) is 19.8. The zero-order chi connectivity index (χ0) is 19.9. The van der Waals surface area contributed by atoms with Crippen molar-refractivity contribution in [3.05, 3.63) is 23.8 Å². The largest absolute Gasteiger partial charge is 0.493 e. The van der Waals surface area contributed by atoms with Crippen molar-refractivity contribution in [2.75, 3.05) is 41.9 Å². The molecular weight excluding hydrogens is 471 g/mol. The smallest absolute Gasteiger partial charge is 0.230 e. The second kappa shape index (κ2) is 11.3. The van der Waals surface area contributed by atoms with E-state index in [1.807, 2.05) is 32.3 Å².